The maximum Gasteiger partial charge on any atom is 0.340 e. The second kappa shape index (κ2) is 4.95. The van der Waals surface area contributed by atoms with Crippen molar-refractivity contribution >= 4 is 11.9 Å². The van der Waals surface area contributed by atoms with E-state index in [0.717, 1.165) is 0 Å². The van der Waals surface area contributed by atoms with E-state index in [9.17, 15) is 9.59 Å². The van der Waals surface area contributed by atoms with E-state index in [4.69, 9.17) is 5.11 Å². The smallest absolute Gasteiger partial charge is 0.340 e. The van der Waals surface area contributed by atoms with Gasteiger partial charge in [0.2, 0.25) is 0 Å². The quantitative estimate of drug-likeness (QED) is 0.810. The number of hydrogen-bond donors (Lipinski definition) is 1. The van der Waals surface area contributed by atoms with Gasteiger partial charge in [-0.2, -0.15) is 0 Å². The van der Waals surface area contributed by atoms with E-state index in [2.05, 4.69) is 9.72 Å². The number of aryl methyl sites for hydroxylation is 2. The van der Waals surface area contributed by atoms with E-state index in [-0.39, 0.29) is 11.1 Å². The molecule has 1 aromatic rings. The van der Waals surface area contributed by atoms with Crippen LogP contribution in [0.2, 0.25) is 0 Å². The highest BCUT2D eigenvalue weighted by atomic mass is 16.5. The highest BCUT2D eigenvalue weighted by Gasteiger charge is 2.23. The summed E-state index contributed by atoms with van der Waals surface area (Å²) in [6, 6.07) is 0. The van der Waals surface area contributed by atoms with E-state index < -0.39 is 11.9 Å². The number of rotatable bonds is 3. The molecule has 1 aromatic heterocycles. The monoisotopic (exact) mass is 237 g/mol. The maximum atomic E-state index is 11.6. The molecule has 1 N–H and O–H groups in total. The fourth-order valence-corrected chi connectivity index (χ4v) is 1.94. The number of aromatic carboxylic acids is 1. The number of methoxy groups -OCH3 is 1. The summed E-state index contributed by atoms with van der Waals surface area (Å²) in [5, 5.41) is 9.16. The van der Waals surface area contributed by atoms with Crippen LogP contribution in [0.5, 0.6) is 0 Å². The SMILES string of the molecule is CCc1c(C(=O)O)c(C)nc(C)c1C(=O)OC. The molecule has 0 aliphatic carbocycles. The van der Waals surface area contributed by atoms with Gasteiger partial charge in [-0.25, -0.2) is 9.59 Å². The molecular formula is C12H15NO4. The van der Waals surface area contributed by atoms with Gasteiger partial charge in [-0.05, 0) is 25.8 Å². The zero-order valence-electron chi connectivity index (χ0n) is 10.3. The Labute approximate surface area is 99.4 Å². The van der Waals surface area contributed by atoms with Crippen LogP contribution in [-0.2, 0) is 11.2 Å². The van der Waals surface area contributed by atoms with Crippen LogP contribution >= 0.6 is 0 Å². The maximum absolute atomic E-state index is 11.6. The minimum atomic E-state index is -1.07. The predicted octanol–water partition coefficient (Wildman–Crippen LogP) is 1.75. The van der Waals surface area contributed by atoms with Gasteiger partial charge >= 0.3 is 11.9 Å². The molecule has 0 spiro atoms. The predicted molar refractivity (Wildman–Crippen MR) is 61.4 cm³/mol. The number of hydrogen-bond acceptors (Lipinski definition) is 4. The van der Waals surface area contributed by atoms with Gasteiger partial charge in [-0.1, -0.05) is 6.92 Å². The number of aromatic nitrogens is 1. The molecule has 0 saturated heterocycles. The molecule has 1 heterocycles. The Bertz CT molecular complexity index is 480. The van der Waals surface area contributed by atoms with Crippen LogP contribution in [0, 0.1) is 13.8 Å². The summed E-state index contributed by atoms with van der Waals surface area (Å²) in [6.07, 6.45) is 0.441. The lowest BCUT2D eigenvalue weighted by Crippen LogP contribution is -2.16. The number of pyridine rings is 1. The van der Waals surface area contributed by atoms with Crippen molar-refractivity contribution in [2.45, 2.75) is 27.2 Å². The Hall–Kier alpha value is -1.91. The molecule has 0 amide bonds. The van der Waals surface area contributed by atoms with Crippen molar-refractivity contribution < 1.29 is 19.4 Å². The molecule has 5 heteroatoms. The lowest BCUT2D eigenvalue weighted by atomic mass is 9.96. The van der Waals surface area contributed by atoms with Crippen LogP contribution in [0.1, 0.15) is 44.6 Å². The van der Waals surface area contributed by atoms with Crippen molar-refractivity contribution in [2.75, 3.05) is 7.11 Å². The van der Waals surface area contributed by atoms with Gasteiger partial charge < -0.3 is 9.84 Å². The summed E-state index contributed by atoms with van der Waals surface area (Å²) >= 11 is 0. The summed E-state index contributed by atoms with van der Waals surface area (Å²) in [5.74, 6) is -1.62. The van der Waals surface area contributed by atoms with E-state index >= 15 is 0 Å². The topological polar surface area (TPSA) is 76.5 Å². The lowest BCUT2D eigenvalue weighted by molar-refractivity contribution is 0.0598. The highest BCUT2D eigenvalue weighted by molar-refractivity contribution is 5.98. The Kier molecular flexibility index (Phi) is 3.83. The second-order valence-corrected chi connectivity index (χ2v) is 3.66. The molecule has 0 aliphatic rings. The molecule has 92 valence electrons. The minimum Gasteiger partial charge on any atom is -0.478 e. The summed E-state index contributed by atoms with van der Waals surface area (Å²) in [7, 11) is 1.27. The van der Waals surface area contributed by atoms with Gasteiger partial charge in [-0.15, -0.1) is 0 Å². The van der Waals surface area contributed by atoms with Gasteiger partial charge in [0.15, 0.2) is 0 Å². The van der Waals surface area contributed by atoms with Gasteiger partial charge in [0, 0.05) is 0 Å². The highest BCUT2D eigenvalue weighted by Crippen LogP contribution is 2.22. The number of carboxylic acids is 1. The number of esters is 1. The third-order valence-corrected chi connectivity index (χ3v) is 2.62. The molecule has 5 nitrogen and oxygen atoms in total. The van der Waals surface area contributed by atoms with Crippen molar-refractivity contribution in [3.63, 3.8) is 0 Å². The molecule has 0 aromatic carbocycles. The lowest BCUT2D eigenvalue weighted by Gasteiger charge is -2.13. The number of carbonyl (C=O) groups is 2. The van der Waals surface area contributed by atoms with Crippen LogP contribution in [-0.4, -0.2) is 29.1 Å². The van der Waals surface area contributed by atoms with Gasteiger partial charge in [-0.3, -0.25) is 4.98 Å². The van der Waals surface area contributed by atoms with Crippen LogP contribution in [0.3, 0.4) is 0 Å². The second-order valence-electron chi connectivity index (χ2n) is 3.66. The van der Waals surface area contributed by atoms with E-state index in [1.54, 1.807) is 20.8 Å². The van der Waals surface area contributed by atoms with Crippen LogP contribution in [0.4, 0.5) is 0 Å². The van der Waals surface area contributed by atoms with E-state index in [1.807, 2.05) is 0 Å². The number of nitrogens with zero attached hydrogens (tertiary/aromatic N) is 1. The molecule has 0 aliphatic heterocycles. The van der Waals surface area contributed by atoms with Gasteiger partial charge in [0.05, 0.1) is 29.6 Å². The fourth-order valence-electron chi connectivity index (χ4n) is 1.94. The zero-order valence-corrected chi connectivity index (χ0v) is 10.3. The van der Waals surface area contributed by atoms with Crippen LogP contribution < -0.4 is 0 Å². The molecule has 0 radical (unpaired) electrons. The Morgan fingerprint density at radius 3 is 2.18 bits per heavy atom. The first-order valence-electron chi connectivity index (χ1n) is 5.25. The first kappa shape index (κ1) is 13.2. The fraction of sp³-hybridized carbons (Fsp3) is 0.417. The molecular weight excluding hydrogens is 222 g/mol. The first-order valence-corrected chi connectivity index (χ1v) is 5.25. The molecule has 0 bridgehead atoms. The first-order chi connectivity index (χ1) is 7.93. The molecule has 0 atom stereocenters. The van der Waals surface area contributed by atoms with Crippen LogP contribution in [0.15, 0.2) is 0 Å². The average molecular weight is 237 g/mol. The minimum absolute atomic E-state index is 0.0958. The van der Waals surface area contributed by atoms with E-state index in [0.29, 0.717) is 23.4 Å². The summed E-state index contributed by atoms with van der Waals surface area (Å²) in [5.41, 5.74) is 1.75. The van der Waals surface area contributed by atoms with Gasteiger partial charge in [0.25, 0.3) is 0 Å². The summed E-state index contributed by atoms with van der Waals surface area (Å²) in [6.45, 7) is 5.09. The summed E-state index contributed by atoms with van der Waals surface area (Å²) in [4.78, 5) is 26.9. The molecule has 0 unspecified atom stereocenters. The average Bonchev–Trinajstić information content (AvgIpc) is 2.26. The summed E-state index contributed by atoms with van der Waals surface area (Å²) < 4.78 is 4.66. The standard InChI is InChI=1S/C12H15NO4/c1-5-8-9(11(14)15)6(2)13-7(3)10(8)12(16)17-4/h5H2,1-4H3,(H,14,15). The number of ether oxygens (including phenoxy) is 1. The van der Waals surface area contributed by atoms with Crippen LogP contribution in [0.25, 0.3) is 0 Å². The van der Waals surface area contributed by atoms with Gasteiger partial charge in [0.1, 0.15) is 0 Å². The van der Waals surface area contributed by atoms with Crippen molar-refractivity contribution in [3.05, 3.63) is 28.1 Å². The number of carboxylic acid groups (broad SMARTS) is 1. The normalized spacial score (nSPS) is 10.1. The molecule has 0 saturated carbocycles. The third-order valence-electron chi connectivity index (χ3n) is 2.62. The molecule has 17 heavy (non-hydrogen) atoms. The Morgan fingerprint density at radius 1 is 1.24 bits per heavy atom. The molecule has 0 fully saturated rings. The number of carbonyl (C=O) groups excluding carboxylic acids is 1. The largest absolute Gasteiger partial charge is 0.478 e. The van der Waals surface area contributed by atoms with Crippen molar-refractivity contribution in [1.29, 1.82) is 0 Å². The van der Waals surface area contributed by atoms with Crippen molar-refractivity contribution in [3.8, 4) is 0 Å². The zero-order chi connectivity index (χ0) is 13.2. The van der Waals surface area contributed by atoms with Crippen molar-refractivity contribution in [1.82, 2.24) is 4.98 Å². The molecule has 1 rings (SSSR count). The Morgan fingerprint density at radius 2 is 1.76 bits per heavy atom. The third kappa shape index (κ3) is 2.27. The van der Waals surface area contributed by atoms with E-state index in [1.165, 1.54) is 7.11 Å². The Balaban J connectivity index is 3.65. The van der Waals surface area contributed by atoms with Crippen molar-refractivity contribution in [2.24, 2.45) is 0 Å².